The van der Waals surface area contributed by atoms with Crippen molar-refractivity contribution < 1.29 is 27.6 Å². The molecule has 0 heterocycles. The number of carbonyl (C=O) groups is 1. The topological polar surface area (TPSA) is 149 Å². The Morgan fingerprint density at radius 2 is 1.68 bits per heavy atom. The molecule has 1 atom stereocenters. The molecule has 1 amide bonds. The molecule has 3 rings (SSSR count). The lowest BCUT2D eigenvalue weighted by Crippen LogP contribution is -2.32. The fraction of sp³-hybridized carbons (Fsp3) is 0.200. The number of methoxy groups -OCH3 is 2. The molecule has 0 aliphatic heterocycles. The predicted molar refractivity (Wildman–Crippen MR) is 137 cm³/mol. The van der Waals surface area contributed by atoms with E-state index in [-0.39, 0.29) is 34.1 Å². The van der Waals surface area contributed by atoms with Crippen LogP contribution >= 0.6 is 0 Å². The van der Waals surface area contributed by atoms with Crippen molar-refractivity contribution in [2.24, 2.45) is 5.10 Å². The van der Waals surface area contributed by atoms with Gasteiger partial charge in [0.2, 0.25) is 15.9 Å². The monoisotopic (exact) mass is 526 g/mol. The minimum Gasteiger partial charge on any atom is -0.493 e. The van der Waals surface area contributed by atoms with Crippen LogP contribution in [0, 0.1) is 17.0 Å². The van der Waals surface area contributed by atoms with Gasteiger partial charge in [0.25, 0.3) is 5.69 Å². The number of rotatable bonds is 11. The smallest absolute Gasteiger partial charge is 0.282 e. The summed E-state index contributed by atoms with van der Waals surface area (Å²) in [5.41, 5.74) is 3.55. The maximum atomic E-state index is 13.0. The highest BCUT2D eigenvalue weighted by molar-refractivity contribution is 7.89. The summed E-state index contributed by atoms with van der Waals surface area (Å²) >= 11 is 0. The van der Waals surface area contributed by atoms with Crippen molar-refractivity contribution in [2.45, 2.75) is 24.3 Å². The summed E-state index contributed by atoms with van der Waals surface area (Å²) in [6.45, 7) is 1.85. The van der Waals surface area contributed by atoms with Crippen LogP contribution < -0.4 is 19.6 Å². The van der Waals surface area contributed by atoms with Crippen molar-refractivity contribution in [3.05, 3.63) is 93.5 Å². The van der Waals surface area contributed by atoms with E-state index < -0.39 is 26.9 Å². The largest absolute Gasteiger partial charge is 0.493 e. The zero-order chi connectivity index (χ0) is 27.0. The summed E-state index contributed by atoms with van der Waals surface area (Å²) in [5, 5.41) is 15.3. The van der Waals surface area contributed by atoms with E-state index in [2.05, 4.69) is 15.2 Å². The molecule has 0 aromatic heterocycles. The average Bonchev–Trinajstić information content (AvgIpc) is 2.88. The van der Waals surface area contributed by atoms with E-state index >= 15 is 0 Å². The number of hydrogen-bond acceptors (Lipinski definition) is 8. The lowest BCUT2D eigenvalue weighted by atomic mass is 10.0. The molecule has 0 saturated carbocycles. The number of aryl methyl sites for hydroxylation is 1. The van der Waals surface area contributed by atoms with Crippen LogP contribution in [0.1, 0.15) is 29.2 Å². The number of nitro benzene ring substituents is 1. The first-order valence-corrected chi connectivity index (χ1v) is 12.5. The van der Waals surface area contributed by atoms with Gasteiger partial charge in [-0.2, -0.15) is 5.10 Å². The number of hydrazone groups is 1. The molecule has 0 fully saturated rings. The van der Waals surface area contributed by atoms with Crippen LogP contribution in [-0.2, 0) is 14.8 Å². The summed E-state index contributed by atoms with van der Waals surface area (Å²) in [6, 6.07) is 16.6. The third kappa shape index (κ3) is 7.12. The maximum Gasteiger partial charge on any atom is 0.282 e. The van der Waals surface area contributed by atoms with E-state index in [4.69, 9.17) is 9.47 Å². The molecule has 0 unspecified atom stereocenters. The lowest BCUT2D eigenvalue weighted by molar-refractivity contribution is -0.385. The summed E-state index contributed by atoms with van der Waals surface area (Å²) < 4.78 is 38.8. The zero-order valence-electron chi connectivity index (χ0n) is 20.4. The molecule has 0 saturated heterocycles. The molecule has 0 bridgehead atoms. The van der Waals surface area contributed by atoms with Crippen LogP contribution in [0.2, 0.25) is 0 Å². The number of nitro groups is 1. The Balaban J connectivity index is 1.79. The van der Waals surface area contributed by atoms with Crippen molar-refractivity contribution >= 4 is 27.8 Å². The zero-order valence-corrected chi connectivity index (χ0v) is 21.2. The van der Waals surface area contributed by atoms with Crippen LogP contribution in [0.3, 0.4) is 0 Å². The number of nitrogens with one attached hydrogen (secondary N) is 2. The number of carbonyl (C=O) groups excluding carboxylic acids is 1. The first kappa shape index (κ1) is 27.3. The molecule has 12 heteroatoms. The summed E-state index contributed by atoms with van der Waals surface area (Å²) in [6.07, 6.45) is 0.826. The highest BCUT2D eigenvalue weighted by Gasteiger charge is 2.24. The van der Waals surface area contributed by atoms with E-state index in [0.29, 0.717) is 5.56 Å². The van der Waals surface area contributed by atoms with Gasteiger partial charge >= 0.3 is 0 Å². The summed E-state index contributed by atoms with van der Waals surface area (Å²) in [4.78, 5) is 23.6. The van der Waals surface area contributed by atoms with Gasteiger partial charge in [0.05, 0.1) is 47.9 Å². The average molecular weight is 527 g/mol. The minimum absolute atomic E-state index is 0.0678. The summed E-state index contributed by atoms with van der Waals surface area (Å²) in [5.74, 6) is -0.197. The molecule has 0 aliphatic rings. The SMILES string of the molecule is COc1cc(/C=N\NC(=O)C[C@@H](NS(=O)(=O)c2ccc(C)cc2)c2ccccc2)c([N+](=O)[O-])cc1OC. The van der Waals surface area contributed by atoms with E-state index in [1.807, 2.05) is 6.92 Å². The summed E-state index contributed by atoms with van der Waals surface area (Å²) in [7, 11) is -1.20. The van der Waals surface area contributed by atoms with Crippen LogP contribution in [0.25, 0.3) is 0 Å². The number of hydrogen-bond donors (Lipinski definition) is 2. The molecular weight excluding hydrogens is 500 g/mol. The van der Waals surface area contributed by atoms with Crippen molar-refractivity contribution in [3.8, 4) is 11.5 Å². The van der Waals surface area contributed by atoms with E-state index in [0.717, 1.165) is 11.8 Å². The second-order valence-electron chi connectivity index (χ2n) is 7.92. The van der Waals surface area contributed by atoms with Gasteiger partial charge in [-0.1, -0.05) is 48.0 Å². The van der Waals surface area contributed by atoms with Gasteiger partial charge in [-0.3, -0.25) is 14.9 Å². The van der Waals surface area contributed by atoms with Gasteiger partial charge in [-0.25, -0.2) is 18.6 Å². The molecule has 0 radical (unpaired) electrons. The second kappa shape index (κ2) is 12.1. The number of nitrogens with zero attached hydrogens (tertiary/aromatic N) is 2. The molecule has 3 aromatic carbocycles. The maximum absolute atomic E-state index is 13.0. The number of benzene rings is 3. The first-order chi connectivity index (χ1) is 17.6. The molecule has 37 heavy (non-hydrogen) atoms. The molecule has 0 aliphatic carbocycles. The van der Waals surface area contributed by atoms with E-state index in [1.165, 1.54) is 38.5 Å². The van der Waals surface area contributed by atoms with E-state index in [1.54, 1.807) is 42.5 Å². The van der Waals surface area contributed by atoms with Crippen molar-refractivity contribution in [3.63, 3.8) is 0 Å². The Labute approximate surface area is 214 Å². The van der Waals surface area contributed by atoms with Gasteiger partial charge < -0.3 is 9.47 Å². The minimum atomic E-state index is -3.93. The molecule has 194 valence electrons. The number of ether oxygens (including phenoxy) is 2. The van der Waals surface area contributed by atoms with Gasteiger partial charge in [-0.15, -0.1) is 0 Å². The molecule has 3 aromatic rings. The van der Waals surface area contributed by atoms with Crippen molar-refractivity contribution in [1.29, 1.82) is 0 Å². The Hall–Kier alpha value is -4.29. The van der Waals surface area contributed by atoms with Crippen LogP contribution in [0.4, 0.5) is 5.69 Å². The molecule has 2 N–H and O–H groups in total. The van der Waals surface area contributed by atoms with Crippen molar-refractivity contribution in [2.75, 3.05) is 14.2 Å². The van der Waals surface area contributed by atoms with Gasteiger partial charge in [0, 0.05) is 6.42 Å². The highest BCUT2D eigenvalue weighted by Crippen LogP contribution is 2.33. The highest BCUT2D eigenvalue weighted by atomic mass is 32.2. The number of sulfonamides is 1. The molecular formula is C25H26N4O7S. The standard InChI is InChI=1S/C25H26N4O7S/c1-17-9-11-20(12-10-17)37(33,34)28-21(18-7-5-4-6-8-18)14-25(30)27-26-16-19-13-23(35-2)24(36-3)15-22(19)29(31)32/h4-13,15-16,21,28H,14H2,1-3H3,(H,27,30)/b26-16-/t21-/m1/s1. The van der Waals surface area contributed by atoms with Gasteiger partial charge in [0.15, 0.2) is 11.5 Å². The van der Waals surface area contributed by atoms with Gasteiger partial charge in [0.1, 0.15) is 0 Å². The van der Waals surface area contributed by atoms with Crippen LogP contribution in [0.15, 0.2) is 76.7 Å². The Morgan fingerprint density at radius 1 is 1.05 bits per heavy atom. The Morgan fingerprint density at radius 3 is 2.27 bits per heavy atom. The quantitative estimate of drug-likeness (QED) is 0.221. The van der Waals surface area contributed by atoms with E-state index in [9.17, 15) is 23.3 Å². The van der Waals surface area contributed by atoms with Crippen LogP contribution in [-0.4, -0.2) is 39.7 Å². The molecule has 0 spiro atoms. The second-order valence-corrected chi connectivity index (χ2v) is 9.63. The number of amides is 1. The fourth-order valence-electron chi connectivity index (χ4n) is 3.44. The first-order valence-electron chi connectivity index (χ1n) is 11.0. The fourth-order valence-corrected chi connectivity index (χ4v) is 4.66. The molecule has 11 nitrogen and oxygen atoms in total. The Kier molecular flexibility index (Phi) is 8.93. The van der Waals surface area contributed by atoms with Crippen molar-refractivity contribution in [1.82, 2.24) is 10.1 Å². The van der Waals surface area contributed by atoms with Gasteiger partial charge in [-0.05, 0) is 30.7 Å². The third-order valence-electron chi connectivity index (χ3n) is 5.34. The normalized spacial score (nSPS) is 12.2. The Bertz CT molecular complexity index is 1390. The lowest BCUT2D eigenvalue weighted by Gasteiger charge is -2.18. The predicted octanol–water partition coefficient (Wildman–Crippen LogP) is 3.48. The third-order valence-corrected chi connectivity index (χ3v) is 6.83. The van der Waals surface area contributed by atoms with Crippen LogP contribution in [0.5, 0.6) is 11.5 Å².